The van der Waals surface area contributed by atoms with Crippen molar-refractivity contribution in [3.8, 4) is 0 Å². The van der Waals surface area contributed by atoms with Crippen LogP contribution in [0.2, 0.25) is 0 Å². The average Bonchev–Trinajstić information content (AvgIpc) is 3.18. The zero-order chi connectivity index (χ0) is 22.3. The Kier molecular flexibility index (Phi) is 6.97. The molecule has 7 heteroatoms. The van der Waals surface area contributed by atoms with E-state index in [1.54, 1.807) is 12.1 Å². The zero-order valence-electron chi connectivity index (χ0n) is 17.6. The number of carbonyl (C=O) groups excluding carboxylic acids is 1. The number of thioether (sulfide) groups is 1. The minimum absolute atomic E-state index is 0.0917. The van der Waals surface area contributed by atoms with E-state index in [0.717, 1.165) is 21.8 Å². The monoisotopic (exact) mass is 446 g/mol. The molecule has 32 heavy (non-hydrogen) atoms. The number of benzene rings is 3. The molecule has 0 saturated heterocycles. The van der Waals surface area contributed by atoms with E-state index in [9.17, 15) is 9.18 Å². The van der Waals surface area contributed by atoms with E-state index in [1.165, 1.54) is 23.9 Å². The van der Waals surface area contributed by atoms with E-state index < -0.39 is 5.92 Å². The summed E-state index contributed by atoms with van der Waals surface area (Å²) in [6, 6.07) is 25.9. The predicted molar refractivity (Wildman–Crippen MR) is 124 cm³/mol. The smallest absolute Gasteiger partial charge is 0.232 e. The Morgan fingerprint density at radius 1 is 0.938 bits per heavy atom. The molecule has 0 unspecified atom stereocenters. The van der Waals surface area contributed by atoms with Crippen LogP contribution in [0.5, 0.6) is 0 Å². The number of halogens is 1. The van der Waals surface area contributed by atoms with Gasteiger partial charge in [-0.05, 0) is 28.8 Å². The third-order valence-electron chi connectivity index (χ3n) is 5.16. The number of hydrogen-bond acceptors (Lipinski definition) is 4. The summed E-state index contributed by atoms with van der Waals surface area (Å²) in [5, 5.41) is 12.2. The maximum atomic E-state index is 13.2. The first-order chi connectivity index (χ1) is 15.6. The first-order valence-electron chi connectivity index (χ1n) is 10.2. The van der Waals surface area contributed by atoms with Gasteiger partial charge in [0.2, 0.25) is 5.91 Å². The molecular formula is C25H23FN4OS. The standard InChI is InChI=1S/C25H23FN4OS/c1-30-22(28-29-25(30)32-17-18-12-14-21(26)15-13-18)16-27-24(31)23(19-8-4-2-5-9-19)20-10-6-3-7-11-20/h2-15,23H,16-17H2,1H3,(H,27,31). The summed E-state index contributed by atoms with van der Waals surface area (Å²) in [7, 11) is 1.88. The summed E-state index contributed by atoms with van der Waals surface area (Å²) in [6.45, 7) is 0.273. The van der Waals surface area contributed by atoms with E-state index >= 15 is 0 Å². The van der Waals surface area contributed by atoms with Gasteiger partial charge >= 0.3 is 0 Å². The number of nitrogens with zero attached hydrogens (tertiary/aromatic N) is 3. The van der Waals surface area contributed by atoms with Crippen molar-refractivity contribution >= 4 is 17.7 Å². The third kappa shape index (κ3) is 5.23. The molecule has 0 radical (unpaired) electrons. The van der Waals surface area contributed by atoms with E-state index in [-0.39, 0.29) is 18.3 Å². The van der Waals surface area contributed by atoms with E-state index in [2.05, 4.69) is 15.5 Å². The molecule has 4 rings (SSSR count). The van der Waals surface area contributed by atoms with Crippen LogP contribution < -0.4 is 5.32 Å². The van der Waals surface area contributed by atoms with Crippen LogP contribution in [0.1, 0.15) is 28.4 Å². The van der Waals surface area contributed by atoms with Gasteiger partial charge in [0, 0.05) is 12.8 Å². The fourth-order valence-corrected chi connectivity index (χ4v) is 4.29. The maximum absolute atomic E-state index is 13.2. The number of rotatable bonds is 8. The molecule has 0 atom stereocenters. The van der Waals surface area contributed by atoms with Crippen LogP contribution in [0.15, 0.2) is 90.1 Å². The minimum Gasteiger partial charge on any atom is -0.348 e. The van der Waals surface area contributed by atoms with Crippen molar-refractivity contribution in [3.63, 3.8) is 0 Å². The van der Waals surface area contributed by atoms with Crippen molar-refractivity contribution in [2.75, 3.05) is 0 Å². The average molecular weight is 447 g/mol. The second-order valence-corrected chi connectivity index (χ2v) is 8.29. The minimum atomic E-state index is -0.405. The molecule has 1 N–H and O–H groups in total. The largest absolute Gasteiger partial charge is 0.348 e. The van der Waals surface area contributed by atoms with Crippen molar-refractivity contribution in [3.05, 3.63) is 113 Å². The Morgan fingerprint density at radius 3 is 2.12 bits per heavy atom. The molecule has 0 bridgehead atoms. The van der Waals surface area contributed by atoms with Gasteiger partial charge in [-0.3, -0.25) is 4.79 Å². The van der Waals surface area contributed by atoms with Crippen molar-refractivity contribution in [2.45, 2.75) is 23.4 Å². The summed E-state index contributed by atoms with van der Waals surface area (Å²) < 4.78 is 14.9. The van der Waals surface area contributed by atoms with Gasteiger partial charge in [-0.2, -0.15) is 0 Å². The van der Waals surface area contributed by atoms with Crippen molar-refractivity contribution < 1.29 is 9.18 Å². The summed E-state index contributed by atoms with van der Waals surface area (Å²) in [6.07, 6.45) is 0. The third-order valence-corrected chi connectivity index (χ3v) is 6.25. The zero-order valence-corrected chi connectivity index (χ0v) is 18.4. The van der Waals surface area contributed by atoms with Gasteiger partial charge in [-0.1, -0.05) is 84.6 Å². The lowest BCUT2D eigenvalue weighted by Gasteiger charge is -2.17. The number of amides is 1. The second kappa shape index (κ2) is 10.2. The lowest BCUT2D eigenvalue weighted by molar-refractivity contribution is -0.121. The Bertz CT molecular complexity index is 1120. The number of carbonyl (C=O) groups is 1. The summed E-state index contributed by atoms with van der Waals surface area (Å²) >= 11 is 1.52. The van der Waals surface area contributed by atoms with Crippen molar-refractivity contribution in [2.24, 2.45) is 7.05 Å². The van der Waals surface area contributed by atoms with Gasteiger partial charge in [0.25, 0.3) is 0 Å². The summed E-state index contributed by atoms with van der Waals surface area (Å²) in [5.74, 6) is 0.575. The molecule has 0 spiro atoms. The van der Waals surface area contributed by atoms with Crippen LogP contribution in [0.3, 0.4) is 0 Å². The molecule has 5 nitrogen and oxygen atoms in total. The highest BCUT2D eigenvalue weighted by molar-refractivity contribution is 7.98. The Labute approximate surface area is 190 Å². The highest BCUT2D eigenvalue weighted by atomic mass is 32.2. The topological polar surface area (TPSA) is 59.8 Å². The molecule has 1 amide bonds. The van der Waals surface area contributed by atoms with Crippen LogP contribution in [-0.4, -0.2) is 20.7 Å². The molecule has 0 aliphatic heterocycles. The highest BCUT2D eigenvalue weighted by Crippen LogP contribution is 2.25. The molecule has 1 heterocycles. The van der Waals surface area contributed by atoms with Crippen LogP contribution >= 0.6 is 11.8 Å². The van der Waals surface area contributed by atoms with Gasteiger partial charge in [0.1, 0.15) is 5.82 Å². The molecule has 4 aromatic rings. The van der Waals surface area contributed by atoms with Crippen LogP contribution in [0, 0.1) is 5.82 Å². The maximum Gasteiger partial charge on any atom is 0.232 e. The predicted octanol–water partition coefficient (Wildman–Crippen LogP) is 4.69. The highest BCUT2D eigenvalue weighted by Gasteiger charge is 2.23. The first kappa shape index (κ1) is 21.8. The molecule has 0 aliphatic carbocycles. The summed E-state index contributed by atoms with van der Waals surface area (Å²) in [4.78, 5) is 13.2. The van der Waals surface area contributed by atoms with Crippen molar-refractivity contribution in [1.29, 1.82) is 0 Å². The molecule has 3 aromatic carbocycles. The van der Waals surface area contributed by atoms with Crippen LogP contribution in [0.4, 0.5) is 4.39 Å². The molecule has 0 aliphatic rings. The lowest BCUT2D eigenvalue weighted by atomic mass is 9.90. The number of nitrogens with one attached hydrogen (secondary N) is 1. The SMILES string of the molecule is Cn1c(CNC(=O)C(c2ccccc2)c2ccccc2)nnc1SCc1ccc(F)cc1. The second-order valence-electron chi connectivity index (χ2n) is 7.35. The van der Waals surface area contributed by atoms with Crippen molar-refractivity contribution in [1.82, 2.24) is 20.1 Å². The molecular weight excluding hydrogens is 423 g/mol. The van der Waals surface area contributed by atoms with Gasteiger partial charge in [0.05, 0.1) is 12.5 Å². The molecule has 1 aromatic heterocycles. The molecule has 0 fully saturated rings. The summed E-state index contributed by atoms with van der Waals surface area (Å²) in [5.41, 5.74) is 2.87. The molecule has 162 valence electrons. The van der Waals surface area contributed by atoms with Gasteiger partial charge in [-0.25, -0.2) is 4.39 Å². The van der Waals surface area contributed by atoms with E-state index in [1.807, 2.05) is 72.3 Å². The fourth-order valence-electron chi connectivity index (χ4n) is 3.41. The lowest BCUT2D eigenvalue weighted by Crippen LogP contribution is -2.30. The van der Waals surface area contributed by atoms with Crippen LogP contribution in [-0.2, 0) is 24.1 Å². The number of aromatic nitrogens is 3. The number of hydrogen-bond donors (Lipinski definition) is 1. The first-order valence-corrected chi connectivity index (χ1v) is 11.2. The Balaban J connectivity index is 1.43. The van der Waals surface area contributed by atoms with E-state index in [0.29, 0.717) is 11.6 Å². The van der Waals surface area contributed by atoms with Crippen LogP contribution in [0.25, 0.3) is 0 Å². The Hall–Kier alpha value is -3.45. The van der Waals surface area contributed by atoms with Gasteiger partial charge in [-0.15, -0.1) is 10.2 Å². The van der Waals surface area contributed by atoms with E-state index in [4.69, 9.17) is 0 Å². The quantitative estimate of drug-likeness (QED) is 0.399. The Morgan fingerprint density at radius 2 is 1.53 bits per heavy atom. The van der Waals surface area contributed by atoms with Gasteiger partial charge in [0.15, 0.2) is 11.0 Å². The van der Waals surface area contributed by atoms with Gasteiger partial charge < -0.3 is 9.88 Å². The molecule has 0 saturated carbocycles. The fraction of sp³-hybridized carbons (Fsp3) is 0.160. The normalized spacial score (nSPS) is 11.0.